The highest BCUT2D eigenvalue weighted by Gasteiger charge is 2.42. The molecule has 19 heavy (non-hydrogen) atoms. The lowest BCUT2D eigenvalue weighted by atomic mass is 9.89. The van der Waals surface area contributed by atoms with Gasteiger partial charge in [-0.2, -0.15) is 0 Å². The second-order valence-electron chi connectivity index (χ2n) is 4.89. The quantitative estimate of drug-likeness (QED) is 0.577. The van der Waals surface area contributed by atoms with Gasteiger partial charge in [-0.15, -0.1) is 18.9 Å². The van der Waals surface area contributed by atoms with Gasteiger partial charge in [-0.25, -0.2) is 9.98 Å². The topological polar surface area (TPSA) is 43.2 Å². The summed E-state index contributed by atoms with van der Waals surface area (Å²) >= 11 is 0. The highest BCUT2D eigenvalue weighted by molar-refractivity contribution is 5.97. The molecule has 4 heteroatoms. The van der Waals surface area contributed by atoms with Crippen molar-refractivity contribution in [1.82, 2.24) is 0 Å². The van der Waals surface area contributed by atoms with Crippen LogP contribution in [0.25, 0.3) is 0 Å². The third-order valence-electron chi connectivity index (χ3n) is 3.14. The highest BCUT2D eigenvalue weighted by Crippen LogP contribution is 2.30. The van der Waals surface area contributed by atoms with Gasteiger partial charge in [0.15, 0.2) is 5.54 Å². The largest absolute Gasteiger partial charge is 0.483 e. The fourth-order valence-corrected chi connectivity index (χ4v) is 2.20. The fourth-order valence-electron chi connectivity index (χ4n) is 2.20. The van der Waals surface area contributed by atoms with Crippen LogP contribution >= 0.6 is 0 Å². The van der Waals surface area contributed by atoms with E-state index >= 15 is 0 Å². The number of hydrogen-bond donors (Lipinski definition) is 0. The Bertz CT molecular complexity index is 432. The summed E-state index contributed by atoms with van der Waals surface area (Å²) < 4.78 is 10.8. The van der Waals surface area contributed by atoms with E-state index in [9.17, 15) is 0 Å². The average Bonchev–Trinajstić information content (AvgIpc) is 2.38. The number of ether oxygens (including phenoxy) is 2. The average molecular weight is 262 g/mol. The van der Waals surface area contributed by atoms with Crippen LogP contribution in [-0.2, 0) is 9.47 Å². The van der Waals surface area contributed by atoms with Crippen molar-refractivity contribution in [2.75, 3.05) is 14.2 Å². The van der Waals surface area contributed by atoms with Crippen molar-refractivity contribution in [3.63, 3.8) is 0 Å². The van der Waals surface area contributed by atoms with Gasteiger partial charge in [-0.3, -0.25) is 0 Å². The summed E-state index contributed by atoms with van der Waals surface area (Å²) in [5, 5.41) is 0. The Labute approximate surface area is 115 Å². The Balaban J connectivity index is 3.30. The number of methoxy groups -OCH3 is 2. The molecule has 0 spiro atoms. The molecule has 0 radical (unpaired) electrons. The Morgan fingerprint density at radius 1 is 1.47 bits per heavy atom. The second kappa shape index (κ2) is 6.42. The zero-order chi connectivity index (χ0) is 14.5. The van der Waals surface area contributed by atoms with E-state index in [1.165, 1.54) is 0 Å². The van der Waals surface area contributed by atoms with Crippen molar-refractivity contribution in [2.45, 2.75) is 38.3 Å². The number of terminal acetylenes is 1. The fraction of sp³-hybridized carbons (Fsp3) is 0.600. The van der Waals surface area contributed by atoms with Gasteiger partial charge in [0.05, 0.1) is 14.2 Å². The first kappa shape index (κ1) is 15.3. The first-order valence-electron chi connectivity index (χ1n) is 6.35. The SMILES string of the molecule is C#CC[C@]1(CC=C)N=C(OC)[C@@H](C(C)C)N=C1OC. The molecule has 1 aliphatic rings. The van der Waals surface area contributed by atoms with Crippen LogP contribution in [0, 0.1) is 18.3 Å². The predicted molar refractivity (Wildman–Crippen MR) is 78.5 cm³/mol. The van der Waals surface area contributed by atoms with E-state index in [1.54, 1.807) is 20.3 Å². The molecule has 4 nitrogen and oxygen atoms in total. The first-order chi connectivity index (χ1) is 9.04. The zero-order valence-electron chi connectivity index (χ0n) is 12.1. The summed E-state index contributed by atoms with van der Waals surface area (Å²) in [5.41, 5.74) is -0.679. The molecule has 0 aliphatic carbocycles. The van der Waals surface area contributed by atoms with E-state index in [0.29, 0.717) is 24.6 Å². The number of nitrogens with zero attached hydrogens (tertiary/aromatic N) is 2. The molecule has 0 bridgehead atoms. The van der Waals surface area contributed by atoms with Crippen LogP contribution in [-0.4, -0.2) is 37.6 Å². The summed E-state index contributed by atoms with van der Waals surface area (Å²) in [5.74, 6) is 4.08. The van der Waals surface area contributed by atoms with Gasteiger partial charge in [-0.1, -0.05) is 19.9 Å². The number of rotatable bonds is 4. The third-order valence-corrected chi connectivity index (χ3v) is 3.14. The van der Waals surface area contributed by atoms with Crippen molar-refractivity contribution >= 4 is 11.8 Å². The normalized spacial score (nSPS) is 26.2. The van der Waals surface area contributed by atoms with Crippen LogP contribution in [0.5, 0.6) is 0 Å². The maximum atomic E-state index is 5.47. The number of hydrogen-bond acceptors (Lipinski definition) is 4. The van der Waals surface area contributed by atoms with E-state index in [-0.39, 0.29) is 12.0 Å². The molecule has 0 aromatic rings. The minimum atomic E-state index is -0.679. The van der Waals surface area contributed by atoms with Crippen molar-refractivity contribution in [3.8, 4) is 12.3 Å². The predicted octanol–water partition coefficient (Wildman–Crippen LogP) is 2.45. The molecule has 1 aliphatic heterocycles. The lowest BCUT2D eigenvalue weighted by molar-refractivity contribution is 0.305. The van der Waals surface area contributed by atoms with Crippen LogP contribution < -0.4 is 0 Å². The van der Waals surface area contributed by atoms with Crippen LogP contribution in [0.2, 0.25) is 0 Å². The summed E-state index contributed by atoms with van der Waals surface area (Å²) in [4.78, 5) is 9.33. The van der Waals surface area contributed by atoms with E-state index < -0.39 is 5.54 Å². The van der Waals surface area contributed by atoms with Gasteiger partial charge >= 0.3 is 0 Å². The number of aliphatic imine (C=N–C) groups is 2. The van der Waals surface area contributed by atoms with E-state index in [2.05, 4.69) is 31.3 Å². The summed E-state index contributed by atoms with van der Waals surface area (Å²) in [6.07, 6.45) is 8.22. The van der Waals surface area contributed by atoms with Crippen LogP contribution in [0.15, 0.2) is 22.6 Å². The Morgan fingerprint density at radius 3 is 2.58 bits per heavy atom. The minimum absolute atomic E-state index is 0.129. The van der Waals surface area contributed by atoms with Crippen molar-refractivity contribution in [1.29, 1.82) is 0 Å². The molecule has 0 aromatic heterocycles. The highest BCUT2D eigenvalue weighted by atomic mass is 16.5. The minimum Gasteiger partial charge on any atom is -0.483 e. The van der Waals surface area contributed by atoms with Gasteiger partial charge in [0.2, 0.25) is 11.8 Å². The zero-order valence-corrected chi connectivity index (χ0v) is 12.1. The first-order valence-corrected chi connectivity index (χ1v) is 6.35. The van der Waals surface area contributed by atoms with Crippen molar-refractivity contribution < 1.29 is 9.47 Å². The summed E-state index contributed by atoms with van der Waals surface area (Å²) in [6.45, 7) is 7.90. The smallest absolute Gasteiger partial charge is 0.214 e. The Hall–Kier alpha value is -1.76. The van der Waals surface area contributed by atoms with Crippen molar-refractivity contribution in [2.24, 2.45) is 15.9 Å². The molecule has 0 fully saturated rings. The Morgan fingerprint density at radius 2 is 2.16 bits per heavy atom. The van der Waals surface area contributed by atoms with Crippen LogP contribution in [0.3, 0.4) is 0 Å². The molecular formula is C15H22N2O2. The molecule has 0 unspecified atom stereocenters. The molecule has 0 aromatic carbocycles. The molecule has 2 atom stereocenters. The van der Waals surface area contributed by atoms with E-state index in [1.807, 2.05) is 0 Å². The molecule has 0 amide bonds. The Kier molecular flexibility index (Phi) is 5.17. The molecule has 104 valence electrons. The monoisotopic (exact) mass is 262 g/mol. The molecular weight excluding hydrogens is 240 g/mol. The van der Waals surface area contributed by atoms with Gasteiger partial charge < -0.3 is 9.47 Å². The van der Waals surface area contributed by atoms with Gasteiger partial charge in [0.25, 0.3) is 0 Å². The standard InChI is InChI=1S/C15H22N2O2/c1-7-9-15(10-8-2)14(19-6)16-12(11(3)4)13(17-15)18-5/h1,8,11-12H,2,9-10H2,3-6H3/t12-,15-/m1/s1. The maximum absolute atomic E-state index is 5.47. The van der Waals surface area contributed by atoms with Crippen LogP contribution in [0.1, 0.15) is 26.7 Å². The third kappa shape index (κ3) is 2.98. The maximum Gasteiger partial charge on any atom is 0.214 e. The van der Waals surface area contributed by atoms with Gasteiger partial charge in [-0.05, 0) is 5.92 Å². The summed E-state index contributed by atoms with van der Waals surface area (Å²) in [7, 11) is 3.20. The van der Waals surface area contributed by atoms with Crippen LogP contribution in [0.4, 0.5) is 0 Å². The molecule has 0 saturated carbocycles. The molecule has 1 heterocycles. The molecule has 0 N–H and O–H groups in total. The second-order valence-corrected chi connectivity index (χ2v) is 4.89. The molecule has 1 rings (SSSR count). The summed E-state index contributed by atoms with van der Waals surface area (Å²) in [6, 6.07) is -0.129. The van der Waals surface area contributed by atoms with E-state index in [4.69, 9.17) is 20.9 Å². The van der Waals surface area contributed by atoms with Crippen molar-refractivity contribution in [3.05, 3.63) is 12.7 Å². The van der Waals surface area contributed by atoms with E-state index in [0.717, 1.165) is 0 Å². The lowest BCUT2D eigenvalue weighted by Gasteiger charge is -2.34. The van der Waals surface area contributed by atoms with Gasteiger partial charge in [0.1, 0.15) is 6.04 Å². The van der Waals surface area contributed by atoms with Gasteiger partial charge in [0, 0.05) is 12.8 Å². The molecule has 0 saturated heterocycles. The lowest BCUT2D eigenvalue weighted by Crippen LogP contribution is -2.46.